The van der Waals surface area contributed by atoms with Crippen LogP contribution in [0.1, 0.15) is 16.9 Å². The highest BCUT2D eigenvalue weighted by molar-refractivity contribution is 6.04. The molecule has 2 aromatic rings. The topological polar surface area (TPSA) is 75.7 Å². The molecular formula is C20H26N4O3. The number of hydrogen-bond donors (Lipinski definition) is 2. The van der Waals surface area contributed by atoms with Gasteiger partial charge in [-0.1, -0.05) is 12.1 Å². The molecule has 0 spiro atoms. The summed E-state index contributed by atoms with van der Waals surface area (Å²) in [6.07, 6.45) is 2.59. The van der Waals surface area contributed by atoms with Gasteiger partial charge in [0.1, 0.15) is 5.69 Å². The summed E-state index contributed by atoms with van der Waals surface area (Å²) < 4.78 is 10.4. The molecule has 0 aliphatic carbocycles. The largest absolute Gasteiger partial charge is 0.385 e. The van der Waals surface area contributed by atoms with E-state index in [0.717, 1.165) is 43.1 Å². The summed E-state index contributed by atoms with van der Waals surface area (Å²) in [6, 6.07) is 11.4. The first-order valence-corrected chi connectivity index (χ1v) is 9.20. The van der Waals surface area contributed by atoms with E-state index >= 15 is 0 Å². The molecular weight excluding hydrogens is 344 g/mol. The highest BCUT2D eigenvalue weighted by Crippen LogP contribution is 2.26. The van der Waals surface area contributed by atoms with Crippen molar-refractivity contribution in [3.63, 3.8) is 0 Å². The van der Waals surface area contributed by atoms with E-state index < -0.39 is 0 Å². The molecule has 3 rings (SSSR count). The summed E-state index contributed by atoms with van der Waals surface area (Å²) in [6.45, 7) is 4.53. The van der Waals surface area contributed by atoms with Crippen molar-refractivity contribution in [1.29, 1.82) is 0 Å². The lowest BCUT2D eigenvalue weighted by molar-refractivity contribution is 0.102. The number of nitrogens with one attached hydrogen (secondary N) is 2. The Bertz CT molecular complexity index is 730. The van der Waals surface area contributed by atoms with Gasteiger partial charge in [0.15, 0.2) is 0 Å². The molecule has 7 nitrogen and oxygen atoms in total. The van der Waals surface area contributed by atoms with Gasteiger partial charge in [-0.15, -0.1) is 0 Å². The number of methoxy groups -OCH3 is 1. The van der Waals surface area contributed by atoms with Crippen molar-refractivity contribution in [1.82, 2.24) is 4.98 Å². The normalized spacial score (nSPS) is 14.0. The quantitative estimate of drug-likeness (QED) is 0.696. The maximum absolute atomic E-state index is 12.6. The Morgan fingerprint density at radius 1 is 1.22 bits per heavy atom. The summed E-state index contributed by atoms with van der Waals surface area (Å²) in [4.78, 5) is 19.1. The first-order valence-electron chi connectivity index (χ1n) is 9.20. The fourth-order valence-electron chi connectivity index (χ4n) is 2.93. The number of ether oxygens (including phenoxy) is 2. The van der Waals surface area contributed by atoms with Gasteiger partial charge >= 0.3 is 0 Å². The summed E-state index contributed by atoms with van der Waals surface area (Å²) >= 11 is 0. The monoisotopic (exact) mass is 370 g/mol. The van der Waals surface area contributed by atoms with Gasteiger partial charge in [-0.25, -0.2) is 4.98 Å². The average Bonchev–Trinajstić information content (AvgIpc) is 2.73. The van der Waals surface area contributed by atoms with Crippen molar-refractivity contribution in [3.8, 4) is 0 Å². The molecule has 1 aromatic heterocycles. The van der Waals surface area contributed by atoms with Gasteiger partial charge in [-0.2, -0.15) is 0 Å². The van der Waals surface area contributed by atoms with Crippen molar-refractivity contribution in [2.24, 2.45) is 0 Å². The summed E-state index contributed by atoms with van der Waals surface area (Å²) in [5, 5.41) is 6.24. The van der Waals surface area contributed by atoms with Gasteiger partial charge in [0.25, 0.3) is 5.91 Å². The fraction of sp³-hybridized carbons (Fsp3) is 0.400. The number of benzene rings is 1. The molecule has 144 valence electrons. The number of morpholine rings is 1. The standard InChI is InChI=1S/C20H26N4O3/c1-26-12-4-9-21-16-7-8-18(22-15-16)20(25)23-17-5-2-3-6-19(17)24-10-13-27-14-11-24/h2-3,5-8,15,21H,4,9-14H2,1H3,(H,23,25). The molecule has 27 heavy (non-hydrogen) atoms. The molecule has 1 aromatic carbocycles. The highest BCUT2D eigenvalue weighted by Gasteiger charge is 2.16. The van der Waals surface area contributed by atoms with E-state index in [9.17, 15) is 4.79 Å². The Morgan fingerprint density at radius 3 is 2.78 bits per heavy atom. The second kappa shape index (κ2) is 9.89. The molecule has 0 radical (unpaired) electrons. The van der Waals surface area contributed by atoms with Crippen LogP contribution in [-0.4, -0.2) is 57.5 Å². The molecule has 0 atom stereocenters. The summed E-state index contributed by atoms with van der Waals surface area (Å²) in [5.41, 5.74) is 3.06. The number of carbonyl (C=O) groups excluding carboxylic acids is 1. The van der Waals surface area contributed by atoms with E-state index in [2.05, 4.69) is 20.5 Å². The van der Waals surface area contributed by atoms with E-state index in [4.69, 9.17) is 9.47 Å². The van der Waals surface area contributed by atoms with Gasteiger partial charge < -0.3 is 25.0 Å². The van der Waals surface area contributed by atoms with Crippen LogP contribution in [0.2, 0.25) is 0 Å². The van der Waals surface area contributed by atoms with Crippen LogP contribution in [0, 0.1) is 0 Å². The van der Waals surface area contributed by atoms with Gasteiger partial charge in [0.05, 0.1) is 36.5 Å². The molecule has 0 bridgehead atoms. The number of anilines is 3. The van der Waals surface area contributed by atoms with Crippen LogP contribution in [0.25, 0.3) is 0 Å². The first kappa shape index (κ1) is 19.1. The molecule has 0 saturated carbocycles. The van der Waals surface area contributed by atoms with Gasteiger partial charge in [0, 0.05) is 33.4 Å². The smallest absolute Gasteiger partial charge is 0.274 e. The number of aromatic nitrogens is 1. The third-order valence-electron chi connectivity index (χ3n) is 4.35. The Balaban J connectivity index is 1.62. The van der Waals surface area contributed by atoms with Crippen LogP contribution in [0.15, 0.2) is 42.6 Å². The molecule has 1 fully saturated rings. The lowest BCUT2D eigenvalue weighted by Crippen LogP contribution is -2.36. The molecule has 7 heteroatoms. The minimum absolute atomic E-state index is 0.221. The number of para-hydroxylation sites is 2. The van der Waals surface area contributed by atoms with E-state index in [1.807, 2.05) is 30.3 Å². The zero-order valence-corrected chi connectivity index (χ0v) is 15.6. The summed E-state index contributed by atoms with van der Waals surface area (Å²) in [5.74, 6) is -0.221. The molecule has 2 N–H and O–H groups in total. The minimum atomic E-state index is -0.221. The molecule has 1 saturated heterocycles. The van der Waals surface area contributed by atoms with Crippen molar-refractivity contribution in [2.45, 2.75) is 6.42 Å². The maximum atomic E-state index is 12.6. The van der Waals surface area contributed by atoms with E-state index in [0.29, 0.717) is 25.5 Å². The molecule has 2 heterocycles. The van der Waals surface area contributed by atoms with Crippen LogP contribution in [0.5, 0.6) is 0 Å². The van der Waals surface area contributed by atoms with E-state index in [1.54, 1.807) is 19.4 Å². The number of amides is 1. The van der Waals surface area contributed by atoms with Crippen LogP contribution in [-0.2, 0) is 9.47 Å². The molecule has 1 aliphatic rings. The fourth-order valence-corrected chi connectivity index (χ4v) is 2.93. The second-order valence-electron chi connectivity index (χ2n) is 6.28. The van der Waals surface area contributed by atoms with Crippen LogP contribution >= 0.6 is 0 Å². The van der Waals surface area contributed by atoms with Crippen LogP contribution < -0.4 is 15.5 Å². The average molecular weight is 370 g/mol. The molecule has 0 unspecified atom stereocenters. The second-order valence-corrected chi connectivity index (χ2v) is 6.28. The summed E-state index contributed by atoms with van der Waals surface area (Å²) in [7, 11) is 1.69. The third-order valence-corrected chi connectivity index (χ3v) is 4.35. The number of nitrogens with zero attached hydrogens (tertiary/aromatic N) is 2. The van der Waals surface area contributed by atoms with E-state index in [1.165, 1.54) is 0 Å². The predicted octanol–water partition coefficient (Wildman–Crippen LogP) is 2.62. The Kier molecular flexibility index (Phi) is 7.01. The zero-order valence-electron chi connectivity index (χ0n) is 15.6. The zero-order chi connectivity index (χ0) is 18.9. The maximum Gasteiger partial charge on any atom is 0.274 e. The van der Waals surface area contributed by atoms with Crippen LogP contribution in [0.3, 0.4) is 0 Å². The number of hydrogen-bond acceptors (Lipinski definition) is 6. The predicted molar refractivity (Wildman–Crippen MR) is 107 cm³/mol. The van der Waals surface area contributed by atoms with Gasteiger partial charge in [0.2, 0.25) is 0 Å². The number of carbonyl (C=O) groups is 1. The SMILES string of the molecule is COCCCNc1ccc(C(=O)Nc2ccccc2N2CCOCC2)nc1. The minimum Gasteiger partial charge on any atom is -0.385 e. The van der Waals surface area contributed by atoms with Crippen LogP contribution in [0.4, 0.5) is 17.1 Å². The van der Waals surface area contributed by atoms with Crippen molar-refractivity contribution in [2.75, 3.05) is 62.1 Å². The Morgan fingerprint density at radius 2 is 2.04 bits per heavy atom. The Hall–Kier alpha value is -2.64. The van der Waals surface area contributed by atoms with Gasteiger partial charge in [-0.05, 0) is 30.7 Å². The van der Waals surface area contributed by atoms with Crippen molar-refractivity contribution >= 4 is 23.0 Å². The number of rotatable bonds is 8. The third kappa shape index (κ3) is 5.42. The lowest BCUT2D eigenvalue weighted by atomic mass is 10.2. The van der Waals surface area contributed by atoms with E-state index in [-0.39, 0.29) is 5.91 Å². The number of pyridine rings is 1. The van der Waals surface area contributed by atoms with Crippen molar-refractivity contribution < 1.29 is 14.3 Å². The van der Waals surface area contributed by atoms with Crippen molar-refractivity contribution in [3.05, 3.63) is 48.3 Å². The molecule has 1 amide bonds. The first-order chi connectivity index (χ1) is 13.3. The Labute approximate surface area is 159 Å². The molecule has 1 aliphatic heterocycles. The lowest BCUT2D eigenvalue weighted by Gasteiger charge is -2.30. The highest BCUT2D eigenvalue weighted by atomic mass is 16.5. The van der Waals surface area contributed by atoms with Gasteiger partial charge in [-0.3, -0.25) is 4.79 Å².